The molecule has 0 atom stereocenters. The van der Waals surface area contributed by atoms with Gasteiger partial charge in [-0.1, -0.05) is 43.7 Å². The maximum absolute atomic E-state index is 12.6. The third-order valence-corrected chi connectivity index (χ3v) is 5.25. The van der Waals surface area contributed by atoms with Crippen LogP contribution in [0.2, 0.25) is 0 Å². The second-order valence-corrected chi connectivity index (χ2v) is 8.89. The van der Waals surface area contributed by atoms with Crippen molar-refractivity contribution in [2.45, 2.75) is 46.6 Å². The number of hydrogen-bond donors (Lipinski definition) is 1. The van der Waals surface area contributed by atoms with Crippen molar-refractivity contribution in [3.8, 4) is 11.5 Å². The monoisotopic (exact) mass is 466 g/mol. The van der Waals surface area contributed by atoms with Crippen LogP contribution in [0.4, 0.5) is 4.79 Å². The maximum Gasteiger partial charge on any atom is 0.416 e. The molecule has 1 aromatic heterocycles. The van der Waals surface area contributed by atoms with Gasteiger partial charge >= 0.3 is 12.1 Å². The van der Waals surface area contributed by atoms with E-state index in [1.165, 1.54) is 0 Å². The van der Waals surface area contributed by atoms with Crippen LogP contribution in [-0.2, 0) is 16.8 Å². The number of benzene rings is 2. The zero-order valence-corrected chi connectivity index (χ0v) is 20.1. The number of aliphatic carboxylic acids is 1. The molecule has 0 saturated carbocycles. The second kappa shape index (κ2) is 10.4. The minimum atomic E-state index is -1.12. The molecular formula is C26H30N2O6. The minimum Gasteiger partial charge on any atom is -0.493 e. The van der Waals surface area contributed by atoms with Gasteiger partial charge in [0, 0.05) is 18.9 Å². The Kier molecular flexibility index (Phi) is 7.61. The first kappa shape index (κ1) is 24.8. The van der Waals surface area contributed by atoms with Crippen LogP contribution in [0.15, 0.2) is 52.9 Å². The van der Waals surface area contributed by atoms with E-state index in [1.807, 2.05) is 46.8 Å². The summed E-state index contributed by atoms with van der Waals surface area (Å²) in [5.74, 6) is 1.28. The Morgan fingerprint density at radius 3 is 2.18 bits per heavy atom. The van der Waals surface area contributed by atoms with Crippen molar-refractivity contribution in [2.75, 3.05) is 13.2 Å². The predicted octanol–water partition coefficient (Wildman–Crippen LogP) is 5.04. The van der Waals surface area contributed by atoms with Gasteiger partial charge in [-0.25, -0.2) is 9.78 Å². The fraction of sp³-hybridized carbons (Fsp3) is 0.346. The van der Waals surface area contributed by atoms with Crippen molar-refractivity contribution >= 4 is 12.1 Å². The molecule has 8 nitrogen and oxygen atoms in total. The first-order valence-electron chi connectivity index (χ1n) is 10.9. The molecule has 0 fully saturated rings. The van der Waals surface area contributed by atoms with Crippen LogP contribution in [0.5, 0.6) is 11.5 Å². The molecule has 3 rings (SSSR count). The Bertz CT molecular complexity index is 1130. The highest BCUT2D eigenvalue weighted by Crippen LogP contribution is 2.27. The molecule has 0 aliphatic carbocycles. The lowest BCUT2D eigenvalue weighted by molar-refractivity contribution is -0.138. The van der Waals surface area contributed by atoms with Crippen LogP contribution < -0.4 is 9.47 Å². The summed E-state index contributed by atoms with van der Waals surface area (Å²) >= 11 is 0. The van der Waals surface area contributed by atoms with Crippen molar-refractivity contribution in [1.29, 1.82) is 0 Å². The third-order valence-electron chi connectivity index (χ3n) is 5.25. The van der Waals surface area contributed by atoms with Crippen molar-refractivity contribution in [3.63, 3.8) is 0 Å². The van der Waals surface area contributed by atoms with E-state index >= 15 is 0 Å². The normalized spacial score (nSPS) is 11.2. The van der Waals surface area contributed by atoms with Gasteiger partial charge in [0.25, 0.3) is 0 Å². The number of aromatic nitrogens is 1. The summed E-state index contributed by atoms with van der Waals surface area (Å²) in [6.45, 7) is 9.70. The summed E-state index contributed by atoms with van der Waals surface area (Å²) in [6, 6.07) is 14.1. The lowest BCUT2D eigenvalue weighted by Crippen LogP contribution is -2.37. The number of carboxylic acid groups (broad SMARTS) is 1. The van der Waals surface area contributed by atoms with E-state index in [4.69, 9.17) is 13.9 Å². The molecule has 1 N–H and O–H groups in total. The van der Waals surface area contributed by atoms with Gasteiger partial charge in [-0.3, -0.25) is 9.69 Å². The maximum atomic E-state index is 12.6. The van der Waals surface area contributed by atoms with Gasteiger partial charge < -0.3 is 19.0 Å². The molecule has 0 bridgehead atoms. The molecule has 2 aromatic carbocycles. The van der Waals surface area contributed by atoms with Gasteiger partial charge in [0.1, 0.15) is 23.8 Å². The number of oxazole rings is 1. The van der Waals surface area contributed by atoms with Crippen LogP contribution in [0.1, 0.15) is 42.3 Å². The molecule has 0 saturated heterocycles. The zero-order valence-electron chi connectivity index (χ0n) is 20.1. The summed E-state index contributed by atoms with van der Waals surface area (Å²) in [5, 5.41) is 9.24. The summed E-state index contributed by atoms with van der Waals surface area (Å²) < 4.78 is 16.9. The van der Waals surface area contributed by atoms with E-state index < -0.39 is 18.6 Å². The Labute approximate surface area is 199 Å². The molecule has 34 heavy (non-hydrogen) atoms. The summed E-state index contributed by atoms with van der Waals surface area (Å²) in [5.41, 5.74) is 2.28. The molecule has 0 radical (unpaired) electrons. The fourth-order valence-electron chi connectivity index (χ4n) is 3.52. The first-order chi connectivity index (χ1) is 16.0. The molecule has 1 heterocycles. The van der Waals surface area contributed by atoms with Crippen LogP contribution >= 0.6 is 0 Å². The number of aryl methyl sites for hydroxylation is 3. The fourth-order valence-corrected chi connectivity index (χ4v) is 3.52. The molecular weight excluding hydrogens is 436 g/mol. The molecule has 1 amide bonds. The Hall–Kier alpha value is -3.81. The summed E-state index contributed by atoms with van der Waals surface area (Å²) in [7, 11) is 0. The van der Waals surface area contributed by atoms with Crippen LogP contribution in [0.3, 0.4) is 0 Å². The van der Waals surface area contributed by atoms with Gasteiger partial charge in [-0.05, 0) is 43.7 Å². The van der Waals surface area contributed by atoms with Crippen molar-refractivity contribution < 1.29 is 28.6 Å². The van der Waals surface area contributed by atoms with Crippen LogP contribution in [0, 0.1) is 20.8 Å². The van der Waals surface area contributed by atoms with Gasteiger partial charge in [-0.15, -0.1) is 0 Å². The zero-order chi connectivity index (χ0) is 24.9. The van der Waals surface area contributed by atoms with E-state index in [0.29, 0.717) is 24.0 Å². The predicted molar refractivity (Wildman–Crippen MR) is 126 cm³/mol. The molecule has 0 aliphatic rings. The number of carboxylic acids is 1. The number of hydrogen-bond acceptors (Lipinski definition) is 6. The largest absolute Gasteiger partial charge is 0.493 e. The third kappa shape index (κ3) is 6.60. The highest BCUT2D eigenvalue weighted by atomic mass is 16.6. The van der Waals surface area contributed by atoms with Crippen molar-refractivity contribution in [3.05, 3.63) is 77.0 Å². The number of carbonyl (C=O) groups is 2. The lowest BCUT2D eigenvalue weighted by atomic mass is 9.89. The van der Waals surface area contributed by atoms with E-state index in [-0.39, 0.29) is 12.0 Å². The smallest absolute Gasteiger partial charge is 0.416 e. The molecule has 0 aliphatic heterocycles. The number of ether oxygens (including phenoxy) is 2. The SMILES string of the molecule is Cc1ccc(OC(=O)N(CC(=O)O)Cc2ccc(OCC(C)(C)c3nc(C)oc3C)cc2)cc1. The van der Waals surface area contributed by atoms with E-state index in [1.54, 1.807) is 36.4 Å². The molecule has 0 spiro atoms. The van der Waals surface area contributed by atoms with Crippen molar-refractivity contribution in [1.82, 2.24) is 9.88 Å². The van der Waals surface area contributed by atoms with Crippen LogP contribution in [0.25, 0.3) is 0 Å². The standard InChI is InChI=1S/C26H30N2O6/c1-17-6-10-22(11-7-17)34-25(31)28(15-23(29)30)14-20-8-12-21(13-9-20)32-16-26(4,5)24-18(2)33-19(3)27-24/h6-13H,14-16H2,1-5H3,(H,29,30). The Morgan fingerprint density at radius 1 is 1.00 bits per heavy atom. The van der Waals surface area contributed by atoms with E-state index in [0.717, 1.165) is 27.5 Å². The molecule has 8 heteroatoms. The lowest BCUT2D eigenvalue weighted by Gasteiger charge is -2.23. The van der Waals surface area contributed by atoms with Crippen molar-refractivity contribution in [2.24, 2.45) is 0 Å². The van der Waals surface area contributed by atoms with E-state index in [2.05, 4.69) is 4.98 Å². The van der Waals surface area contributed by atoms with Gasteiger partial charge in [0.2, 0.25) is 0 Å². The molecule has 180 valence electrons. The summed E-state index contributed by atoms with van der Waals surface area (Å²) in [6.07, 6.45) is -0.730. The van der Waals surface area contributed by atoms with Crippen LogP contribution in [-0.4, -0.2) is 40.2 Å². The van der Waals surface area contributed by atoms with Gasteiger partial charge in [0.15, 0.2) is 5.89 Å². The average molecular weight is 467 g/mol. The topological polar surface area (TPSA) is 102 Å². The highest BCUT2D eigenvalue weighted by molar-refractivity contribution is 5.78. The molecule has 0 unspecified atom stereocenters. The molecule has 3 aromatic rings. The Balaban J connectivity index is 1.63. The number of amides is 1. The van der Waals surface area contributed by atoms with E-state index in [9.17, 15) is 14.7 Å². The number of nitrogens with zero attached hydrogens (tertiary/aromatic N) is 2. The summed E-state index contributed by atoms with van der Waals surface area (Å²) in [4.78, 5) is 29.5. The first-order valence-corrected chi connectivity index (χ1v) is 10.9. The highest BCUT2D eigenvalue weighted by Gasteiger charge is 2.28. The number of rotatable bonds is 9. The van der Waals surface area contributed by atoms with Gasteiger partial charge in [0.05, 0.1) is 12.3 Å². The Morgan fingerprint density at radius 2 is 1.62 bits per heavy atom. The number of carbonyl (C=O) groups excluding carboxylic acids is 1. The average Bonchev–Trinajstić information content (AvgIpc) is 3.13. The van der Waals surface area contributed by atoms with Gasteiger partial charge in [-0.2, -0.15) is 0 Å². The quantitative estimate of drug-likeness (QED) is 0.471. The second-order valence-electron chi connectivity index (χ2n) is 8.89. The minimum absolute atomic E-state index is 0.0835.